The van der Waals surface area contributed by atoms with Gasteiger partial charge in [-0.1, -0.05) is 71.7 Å². The topological polar surface area (TPSA) is 207 Å². The number of anilines is 6. The molecule has 18 heteroatoms. The molecule has 364 valence electrons. The SMILES string of the molecule is CC(C)(C)OC(=O)N1CCC[C@H](C(=O)Nc2cccc(Nc3ncc(Cl)c(-c4c[nH]c5ccccc45)n3)c2)C1.O=C(Nc1cccc(Nc2ncc(Cl)c(-c3c[nH]c4ccccc34)n2)c1)[C@H]1CCCNC1. The lowest BCUT2D eigenvalue weighted by Crippen LogP contribution is -2.45. The van der Waals surface area contributed by atoms with Gasteiger partial charge in [0.15, 0.2) is 0 Å². The molecule has 0 saturated carbocycles. The number of hydrogen-bond donors (Lipinski definition) is 7. The van der Waals surface area contributed by atoms with Crippen molar-refractivity contribution in [3.63, 3.8) is 0 Å². The molecule has 0 unspecified atom stereocenters. The Morgan fingerprint density at radius 1 is 0.662 bits per heavy atom. The number of piperidine rings is 2. The first-order valence-corrected chi connectivity index (χ1v) is 24.3. The smallest absolute Gasteiger partial charge is 0.410 e. The number of carbonyl (C=O) groups excluding carboxylic acids is 3. The van der Waals surface area contributed by atoms with Gasteiger partial charge in [-0.2, -0.15) is 0 Å². The van der Waals surface area contributed by atoms with Crippen molar-refractivity contribution in [3.05, 3.63) is 132 Å². The molecule has 16 nitrogen and oxygen atoms in total. The minimum atomic E-state index is -0.580. The minimum Gasteiger partial charge on any atom is -0.444 e. The monoisotopic (exact) mass is 992 g/mol. The summed E-state index contributed by atoms with van der Waals surface area (Å²) in [5, 5.41) is 18.7. The first kappa shape index (κ1) is 48.5. The Morgan fingerprint density at radius 3 is 1.69 bits per heavy atom. The van der Waals surface area contributed by atoms with Gasteiger partial charge in [0.05, 0.1) is 45.7 Å². The Hall–Kier alpha value is -7.53. The molecule has 0 radical (unpaired) electrons. The predicted octanol–water partition coefficient (Wildman–Crippen LogP) is 11.6. The van der Waals surface area contributed by atoms with E-state index in [4.69, 9.17) is 27.9 Å². The van der Waals surface area contributed by atoms with Crippen LogP contribution in [0, 0.1) is 11.8 Å². The van der Waals surface area contributed by atoms with E-state index in [9.17, 15) is 14.4 Å². The van der Waals surface area contributed by atoms with E-state index in [2.05, 4.69) is 56.5 Å². The van der Waals surface area contributed by atoms with E-state index in [-0.39, 0.29) is 29.7 Å². The van der Waals surface area contributed by atoms with Crippen LogP contribution in [0.1, 0.15) is 46.5 Å². The molecule has 2 aliphatic heterocycles. The van der Waals surface area contributed by atoms with Crippen LogP contribution in [-0.2, 0) is 14.3 Å². The number of benzene rings is 4. The van der Waals surface area contributed by atoms with Crippen LogP contribution in [0.5, 0.6) is 0 Å². The molecule has 0 spiro atoms. The number of nitrogens with one attached hydrogen (secondary N) is 7. The highest BCUT2D eigenvalue weighted by Gasteiger charge is 2.31. The van der Waals surface area contributed by atoms with E-state index in [1.54, 1.807) is 17.3 Å². The van der Waals surface area contributed by atoms with E-state index < -0.39 is 5.60 Å². The molecule has 8 aromatic rings. The fourth-order valence-electron chi connectivity index (χ4n) is 8.62. The number of rotatable bonds is 10. The summed E-state index contributed by atoms with van der Waals surface area (Å²) in [6, 6.07) is 30.8. The van der Waals surface area contributed by atoms with Crippen LogP contribution in [0.25, 0.3) is 44.3 Å². The number of halogens is 2. The fraction of sp³-hybridized carbons (Fsp3) is 0.264. The Balaban J connectivity index is 0.000000179. The van der Waals surface area contributed by atoms with Gasteiger partial charge in [0.2, 0.25) is 23.7 Å². The average molecular weight is 994 g/mol. The van der Waals surface area contributed by atoms with Crippen LogP contribution in [0.15, 0.2) is 122 Å². The van der Waals surface area contributed by atoms with Gasteiger partial charge in [-0.3, -0.25) is 9.59 Å². The molecule has 4 aromatic carbocycles. The van der Waals surface area contributed by atoms with Crippen LogP contribution >= 0.6 is 23.2 Å². The lowest BCUT2D eigenvalue weighted by molar-refractivity contribution is -0.121. The summed E-state index contributed by atoms with van der Waals surface area (Å²) in [4.78, 5) is 64.2. The zero-order valence-electron chi connectivity index (χ0n) is 39.5. The first-order valence-electron chi connectivity index (χ1n) is 23.6. The van der Waals surface area contributed by atoms with Crippen molar-refractivity contribution in [2.75, 3.05) is 47.4 Å². The number of para-hydroxylation sites is 2. The largest absolute Gasteiger partial charge is 0.444 e. The highest BCUT2D eigenvalue weighted by atomic mass is 35.5. The minimum absolute atomic E-state index is 0.00121. The zero-order chi connectivity index (χ0) is 49.5. The predicted molar refractivity (Wildman–Crippen MR) is 282 cm³/mol. The van der Waals surface area contributed by atoms with Gasteiger partial charge in [0.1, 0.15) is 5.60 Å². The van der Waals surface area contributed by atoms with Crippen LogP contribution in [-0.4, -0.2) is 84.5 Å². The summed E-state index contributed by atoms with van der Waals surface area (Å²) < 4.78 is 5.48. The number of nitrogens with zero attached hydrogens (tertiary/aromatic N) is 5. The number of ether oxygens (including phenoxy) is 1. The van der Waals surface area contributed by atoms with Gasteiger partial charge in [-0.05, 0) is 102 Å². The maximum Gasteiger partial charge on any atom is 0.410 e. The van der Waals surface area contributed by atoms with Crippen molar-refractivity contribution in [3.8, 4) is 22.5 Å². The second kappa shape index (κ2) is 21.6. The summed E-state index contributed by atoms with van der Waals surface area (Å²) in [5.74, 6) is 0.390. The molecule has 3 amide bonds. The first-order chi connectivity index (χ1) is 34.3. The van der Waals surface area contributed by atoms with Gasteiger partial charge >= 0.3 is 6.09 Å². The third-order valence-electron chi connectivity index (χ3n) is 12.1. The summed E-state index contributed by atoms with van der Waals surface area (Å²) in [6.45, 7) is 8.10. The molecular formula is C53H54Cl2N12O4. The Morgan fingerprint density at radius 2 is 1.17 bits per heavy atom. The van der Waals surface area contributed by atoms with Crippen molar-refractivity contribution in [2.24, 2.45) is 11.8 Å². The molecule has 4 aromatic heterocycles. The molecule has 6 heterocycles. The third kappa shape index (κ3) is 12.1. The van der Waals surface area contributed by atoms with Gasteiger partial charge < -0.3 is 46.2 Å². The van der Waals surface area contributed by atoms with Crippen molar-refractivity contribution in [2.45, 2.75) is 52.1 Å². The molecular weight excluding hydrogens is 940 g/mol. The van der Waals surface area contributed by atoms with Crippen molar-refractivity contribution in [1.82, 2.24) is 40.1 Å². The second-order valence-electron chi connectivity index (χ2n) is 18.5. The van der Waals surface area contributed by atoms with Gasteiger partial charge in [0.25, 0.3) is 0 Å². The lowest BCUT2D eigenvalue weighted by Gasteiger charge is -2.33. The van der Waals surface area contributed by atoms with E-state index in [0.29, 0.717) is 64.2 Å². The molecule has 2 atom stereocenters. The molecule has 2 aliphatic rings. The Kier molecular flexibility index (Phi) is 14.8. The van der Waals surface area contributed by atoms with Crippen LogP contribution < -0.4 is 26.6 Å². The molecule has 2 fully saturated rings. The summed E-state index contributed by atoms with van der Waals surface area (Å²) in [5.41, 5.74) is 7.34. The van der Waals surface area contributed by atoms with Gasteiger partial charge in [-0.25, -0.2) is 24.7 Å². The van der Waals surface area contributed by atoms with Crippen molar-refractivity contribution in [1.29, 1.82) is 0 Å². The molecule has 71 heavy (non-hydrogen) atoms. The average Bonchev–Trinajstić information content (AvgIpc) is 4.00. The van der Waals surface area contributed by atoms with Crippen LogP contribution in [0.4, 0.5) is 39.4 Å². The normalized spacial score (nSPS) is 15.9. The molecule has 7 N–H and O–H groups in total. The Bertz CT molecular complexity index is 3200. The molecule has 10 rings (SSSR count). The number of hydrogen-bond acceptors (Lipinski definition) is 11. The summed E-state index contributed by atoms with van der Waals surface area (Å²) in [6.07, 6.45) is 9.94. The standard InChI is InChI=1S/C29H31ClN6O3.C24H23ClN6O/c1-29(2,3)39-28(38)36-13-7-8-18(17-36)26(37)33-19-9-6-10-20(14-19)34-27-32-16-23(30)25(35-27)22-15-31-24-12-5-4-11-21(22)24;25-20-14-28-24(31-22(20)19-13-27-21-9-2-1-8-18(19)21)30-17-7-3-6-16(11-17)29-23(32)15-5-4-10-26-12-15/h4-6,9-12,14-16,18,31H,7-8,13,17H2,1-3H3,(H,33,37)(H,32,34,35);1-3,6-9,11,13-15,26-27H,4-5,10,12H2,(H,29,32)(H,28,30,31)/t18-;15-/m00/s1. The maximum absolute atomic E-state index is 13.1. The summed E-state index contributed by atoms with van der Waals surface area (Å²) >= 11 is 12.9. The molecule has 0 bridgehead atoms. The van der Waals surface area contributed by atoms with Crippen LogP contribution in [0.2, 0.25) is 10.0 Å². The van der Waals surface area contributed by atoms with Crippen molar-refractivity contribution >= 4 is 97.6 Å². The maximum atomic E-state index is 13.1. The third-order valence-corrected chi connectivity index (χ3v) is 12.6. The van der Waals surface area contributed by atoms with Gasteiger partial charge in [-0.15, -0.1) is 0 Å². The quantitative estimate of drug-likeness (QED) is 0.0686. The number of aromatic amines is 2. The van der Waals surface area contributed by atoms with E-state index in [1.165, 1.54) is 0 Å². The fourth-order valence-corrected chi connectivity index (χ4v) is 9.01. The second-order valence-corrected chi connectivity index (χ2v) is 19.3. The van der Waals surface area contributed by atoms with E-state index >= 15 is 0 Å². The number of carbonyl (C=O) groups is 3. The zero-order valence-corrected chi connectivity index (χ0v) is 41.0. The molecule has 2 saturated heterocycles. The number of aromatic nitrogens is 6. The van der Waals surface area contributed by atoms with Crippen molar-refractivity contribution < 1.29 is 19.1 Å². The lowest BCUT2D eigenvalue weighted by atomic mass is 9.97. The summed E-state index contributed by atoms with van der Waals surface area (Å²) in [7, 11) is 0. The highest BCUT2D eigenvalue weighted by molar-refractivity contribution is 6.33. The highest BCUT2D eigenvalue weighted by Crippen LogP contribution is 2.35. The Labute approximate surface area is 420 Å². The van der Waals surface area contributed by atoms with E-state index in [1.807, 2.05) is 130 Å². The number of H-pyrrole nitrogens is 2. The number of likely N-dealkylation sites (tertiary alicyclic amines) is 1. The van der Waals surface area contributed by atoms with Crippen LogP contribution in [0.3, 0.4) is 0 Å². The number of fused-ring (bicyclic) bond motifs is 2. The van der Waals surface area contributed by atoms with Gasteiger partial charge in [0, 0.05) is 87.7 Å². The molecule has 0 aliphatic carbocycles. The number of amides is 3. The van der Waals surface area contributed by atoms with E-state index in [0.717, 1.165) is 76.7 Å².